The van der Waals surface area contributed by atoms with E-state index in [9.17, 15) is 14.4 Å². The van der Waals surface area contributed by atoms with Crippen LogP contribution in [0.4, 0.5) is 0 Å². The van der Waals surface area contributed by atoms with Crippen LogP contribution in [0.1, 0.15) is 76.2 Å². The number of halogens is 1. The van der Waals surface area contributed by atoms with Gasteiger partial charge in [0.25, 0.3) is 0 Å². The van der Waals surface area contributed by atoms with Gasteiger partial charge in [0.2, 0.25) is 17.7 Å². The van der Waals surface area contributed by atoms with Crippen LogP contribution in [0.15, 0.2) is 24.3 Å². The Morgan fingerprint density at radius 3 is 2.21 bits per heavy atom. The smallest absolute Gasteiger partial charge is 0.245 e. The third-order valence-electron chi connectivity index (χ3n) is 8.53. The Balaban J connectivity index is 1.41. The van der Waals surface area contributed by atoms with E-state index < -0.39 is 6.04 Å². The Morgan fingerprint density at radius 2 is 1.58 bits per heavy atom. The zero-order valence-corrected chi connectivity index (χ0v) is 23.9. The summed E-state index contributed by atoms with van der Waals surface area (Å²) in [5.41, 5.74) is 0.952. The summed E-state index contributed by atoms with van der Waals surface area (Å²) in [5.74, 6) is 0.614. The maximum absolute atomic E-state index is 13.6. The molecular formula is C30H45ClN4O3. The predicted molar refractivity (Wildman–Crippen MR) is 151 cm³/mol. The molecule has 4 rings (SSSR count). The summed E-state index contributed by atoms with van der Waals surface area (Å²) >= 11 is 6.05. The van der Waals surface area contributed by atoms with E-state index in [0.717, 1.165) is 18.4 Å². The van der Waals surface area contributed by atoms with E-state index in [1.54, 1.807) is 0 Å². The molecule has 1 saturated heterocycles. The van der Waals surface area contributed by atoms with Crippen LogP contribution in [-0.4, -0.2) is 84.3 Å². The SMILES string of the molecule is CN(C)CCC(=O)N[C@H](Cc1ccc(Cl)cc1)C(=O)N1CC(N(C(=O)CC2CCCC2)C2CCCCC2)C1. The number of carbonyl (C=O) groups is 3. The van der Waals surface area contributed by atoms with Crippen LogP contribution < -0.4 is 5.32 Å². The molecule has 38 heavy (non-hydrogen) atoms. The second-order valence-electron chi connectivity index (χ2n) is 11.8. The molecule has 1 aliphatic heterocycles. The van der Waals surface area contributed by atoms with Gasteiger partial charge in [0.1, 0.15) is 6.04 Å². The minimum atomic E-state index is -0.635. The Hall–Kier alpha value is -2.12. The molecule has 1 aromatic carbocycles. The van der Waals surface area contributed by atoms with E-state index in [-0.39, 0.29) is 23.8 Å². The lowest BCUT2D eigenvalue weighted by atomic mass is 9.90. The first-order chi connectivity index (χ1) is 18.3. The second kappa shape index (κ2) is 13.8. The molecule has 3 amide bonds. The maximum atomic E-state index is 13.6. The number of amides is 3. The number of nitrogens with one attached hydrogen (secondary N) is 1. The highest BCUT2D eigenvalue weighted by molar-refractivity contribution is 6.30. The summed E-state index contributed by atoms with van der Waals surface area (Å²) < 4.78 is 0. The summed E-state index contributed by atoms with van der Waals surface area (Å²) in [4.78, 5) is 45.8. The third-order valence-corrected chi connectivity index (χ3v) is 8.79. The van der Waals surface area contributed by atoms with Crippen LogP contribution in [0.5, 0.6) is 0 Å². The zero-order chi connectivity index (χ0) is 27.1. The van der Waals surface area contributed by atoms with E-state index in [0.29, 0.717) is 55.9 Å². The van der Waals surface area contributed by atoms with Gasteiger partial charge in [0.15, 0.2) is 0 Å². The average Bonchev–Trinajstić information content (AvgIpc) is 3.38. The molecule has 0 radical (unpaired) electrons. The van der Waals surface area contributed by atoms with Crippen LogP contribution >= 0.6 is 11.6 Å². The standard InChI is InChI=1S/C30H45ClN4O3/c1-33(2)17-16-28(36)32-27(18-23-12-14-24(31)15-13-23)30(38)34-20-26(21-34)35(25-10-4-3-5-11-25)29(37)19-22-8-6-7-9-22/h12-15,22,25-27H,3-11,16-21H2,1-2H3,(H,32,36)/t27-/m1/s1. The van der Waals surface area contributed by atoms with Gasteiger partial charge in [-0.3, -0.25) is 14.4 Å². The number of hydrogen-bond donors (Lipinski definition) is 1. The van der Waals surface area contributed by atoms with E-state index in [1.807, 2.05) is 48.2 Å². The Labute approximate surface area is 233 Å². The van der Waals surface area contributed by atoms with Crippen molar-refractivity contribution in [2.75, 3.05) is 33.7 Å². The van der Waals surface area contributed by atoms with Gasteiger partial charge in [-0.1, -0.05) is 55.8 Å². The lowest BCUT2D eigenvalue weighted by Gasteiger charge is -2.50. The Morgan fingerprint density at radius 1 is 0.947 bits per heavy atom. The second-order valence-corrected chi connectivity index (χ2v) is 12.3. The number of hydrogen-bond acceptors (Lipinski definition) is 4. The predicted octanol–water partition coefficient (Wildman–Crippen LogP) is 4.27. The van der Waals surface area contributed by atoms with Crippen molar-refractivity contribution in [2.45, 2.75) is 95.2 Å². The largest absolute Gasteiger partial charge is 0.344 e. The fourth-order valence-corrected chi connectivity index (χ4v) is 6.44. The average molecular weight is 545 g/mol. The van der Waals surface area contributed by atoms with Gasteiger partial charge >= 0.3 is 0 Å². The van der Waals surface area contributed by atoms with Gasteiger partial charge in [-0.05, 0) is 63.4 Å². The van der Waals surface area contributed by atoms with Crippen molar-refractivity contribution in [1.82, 2.24) is 20.0 Å². The number of rotatable bonds is 11. The molecule has 0 spiro atoms. The van der Waals surface area contributed by atoms with Gasteiger partial charge in [-0.25, -0.2) is 0 Å². The van der Waals surface area contributed by atoms with Crippen molar-refractivity contribution in [2.24, 2.45) is 5.92 Å². The molecule has 210 valence electrons. The first-order valence-electron chi connectivity index (χ1n) is 14.6. The van der Waals surface area contributed by atoms with Crippen LogP contribution in [0, 0.1) is 5.92 Å². The molecule has 2 saturated carbocycles. The third kappa shape index (κ3) is 7.95. The summed E-state index contributed by atoms with van der Waals surface area (Å²) in [6.07, 6.45) is 12.0. The van der Waals surface area contributed by atoms with Gasteiger partial charge < -0.3 is 20.0 Å². The van der Waals surface area contributed by atoms with Crippen LogP contribution in [0.25, 0.3) is 0 Å². The van der Waals surface area contributed by atoms with Crippen molar-refractivity contribution in [3.8, 4) is 0 Å². The maximum Gasteiger partial charge on any atom is 0.245 e. The topological polar surface area (TPSA) is 73.0 Å². The number of carbonyl (C=O) groups excluding carboxylic acids is 3. The van der Waals surface area contributed by atoms with E-state index in [1.165, 1.54) is 44.9 Å². The molecule has 0 unspecified atom stereocenters. The quantitative estimate of drug-likeness (QED) is 0.451. The van der Waals surface area contributed by atoms with Crippen LogP contribution in [-0.2, 0) is 20.8 Å². The van der Waals surface area contributed by atoms with Crippen molar-refractivity contribution < 1.29 is 14.4 Å². The molecule has 8 heteroatoms. The summed E-state index contributed by atoms with van der Waals surface area (Å²) in [5, 5.41) is 3.63. The minimum Gasteiger partial charge on any atom is -0.344 e. The van der Waals surface area contributed by atoms with Gasteiger partial charge in [-0.2, -0.15) is 0 Å². The van der Waals surface area contributed by atoms with Gasteiger partial charge in [0.05, 0.1) is 6.04 Å². The number of likely N-dealkylation sites (tertiary alicyclic amines) is 1. The lowest BCUT2D eigenvalue weighted by Crippen LogP contribution is -2.67. The van der Waals surface area contributed by atoms with Crippen molar-refractivity contribution in [1.29, 1.82) is 0 Å². The molecule has 7 nitrogen and oxygen atoms in total. The molecule has 1 atom stereocenters. The fraction of sp³-hybridized carbons (Fsp3) is 0.700. The molecule has 3 aliphatic rings. The van der Waals surface area contributed by atoms with Crippen molar-refractivity contribution >= 4 is 29.3 Å². The van der Waals surface area contributed by atoms with Crippen molar-refractivity contribution in [3.63, 3.8) is 0 Å². The summed E-state index contributed by atoms with van der Waals surface area (Å²) in [6.45, 7) is 1.73. The zero-order valence-electron chi connectivity index (χ0n) is 23.2. The Kier molecular flexibility index (Phi) is 10.5. The van der Waals surface area contributed by atoms with E-state index >= 15 is 0 Å². The van der Waals surface area contributed by atoms with Crippen LogP contribution in [0.3, 0.4) is 0 Å². The molecule has 1 heterocycles. The molecule has 1 aromatic rings. The minimum absolute atomic E-state index is 0.0683. The number of nitrogens with zero attached hydrogens (tertiary/aromatic N) is 3. The van der Waals surface area contributed by atoms with Gasteiger partial charge in [0, 0.05) is 50.0 Å². The van der Waals surface area contributed by atoms with E-state index in [4.69, 9.17) is 11.6 Å². The molecule has 2 aliphatic carbocycles. The molecule has 1 N–H and O–H groups in total. The van der Waals surface area contributed by atoms with E-state index in [2.05, 4.69) is 10.2 Å². The first-order valence-corrected chi connectivity index (χ1v) is 15.0. The molecule has 0 bridgehead atoms. The van der Waals surface area contributed by atoms with Crippen molar-refractivity contribution in [3.05, 3.63) is 34.9 Å². The monoisotopic (exact) mass is 544 g/mol. The summed E-state index contributed by atoms with van der Waals surface area (Å²) in [7, 11) is 3.85. The summed E-state index contributed by atoms with van der Waals surface area (Å²) in [6, 6.07) is 7.17. The normalized spacial score (nSPS) is 19.8. The van der Waals surface area contributed by atoms with Crippen LogP contribution in [0.2, 0.25) is 5.02 Å². The first kappa shape index (κ1) is 28.9. The lowest BCUT2D eigenvalue weighted by molar-refractivity contribution is -0.152. The fourth-order valence-electron chi connectivity index (χ4n) is 6.31. The molecular weight excluding hydrogens is 500 g/mol. The number of benzene rings is 1. The van der Waals surface area contributed by atoms with Gasteiger partial charge in [-0.15, -0.1) is 0 Å². The molecule has 3 fully saturated rings. The highest BCUT2D eigenvalue weighted by Crippen LogP contribution is 2.32. The Bertz CT molecular complexity index is 935. The highest BCUT2D eigenvalue weighted by Gasteiger charge is 2.42. The molecule has 0 aromatic heterocycles. The highest BCUT2D eigenvalue weighted by atomic mass is 35.5.